The Morgan fingerprint density at radius 2 is 0.870 bits per heavy atom. The summed E-state index contributed by atoms with van der Waals surface area (Å²) < 4.78 is 0. The zero-order valence-electron chi connectivity index (χ0n) is 24.9. The van der Waals surface area contributed by atoms with Crippen LogP contribution >= 0.6 is 0 Å². The molecule has 0 fully saturated rings. The monoisotopic (exact) mass is 585 g/mol. The second-order valence-corrected chi connectivity index (χ2v) is 11.7. The number of nitrogens with zero attached hydrogens (tertiary/aromatic N) is 3. The fourth-order valence-electron chi connectivity index (χ4n) is 6.70. The Morgan fingerprint density at radius 3 is 1.52 bits per heavy atom. The largest absolute Gasteiger partial charge is 0.264 e. The van der Waals surface area contributed by atoms with Gasteiger partial charge in [0.2, 0.25) is 0 Å². The second-order valence-electron chi connectivity index (χ2n) is 11.7. The summed E-state index contributed by atoms with van der Waals surface area (Å²) in [6.07, 6.45) is 3.69. The van der Waals surface area contributed by atoms with Gasteiger partial charge in [0, 0.05) is 29.1 Å². The van der Waals surface area contributed by atoms with Crippen LogP contribution in [0.2, 0.25) is 0 Å². The normalized spacial score (nSPS) is 11.5. The lowest BCUT2D eigenvalue weighted by Crippen LogP contribution is -1.97. The maximum atomic E-state index is 5.23. The van der Waals surface area contributed by atoms with Gasteiger partial charge in [0.25, 0.3) is 0 Å². The van der Waals surface area contributed by atoms with E-state index >= 15 is 0 Å². The van der Waals surface area contributed by atoms with Gasteiger partial charge in [-0.3, -0.25) is 4.98 Å². The van der Waals surface area contributed by atoms with Crippen molar-refractivity contribution in [3.8, 4) is 78.4 Å². The number of hydrogen-bond donors (Lipinski definition) is 0. The van der Waals surface area contributed by atoms with Gasteiger partial charge in [-0.1, -0.05) is 133 Å². The molecule has 0 spiro atoms. The maximum Gasteiger partial charge on any atom is 0.161 e. The van der Waals surface area contributed by atoms with Gasteiger partial charge in [-0.25, -0.2) is 9.97 Å². The minimum atomic E-state index is 0.718. The van der Waals surface area contributed by atoms with Crippen molar-refractivity contribution in [2.75, 3.05) is 0 Å². The first-order chi connectivity index (χ1) is 22.8. The Hall–Kier alpha value is -6.19. The first-order valence-electron chi connectivity index (χ1n) is 15.5. The molecular formula is C43H27N3. The van der Waals surface area contributed by atoms with E-state index in [-0.39, 0.29) is 0 Å². The predicted molar refractivity (Wildman–Crippen MR) is 189 cm³/mol. The Kier molecular flexibility index (Phi) is 6.14. The molecule has 2 aromatic heterocycles. The molecule has 0 N–H and O–H groups in total. The van der Waals surface area contributed by atoms with E-state index in [1.807, 2.05) is 18.3 Å². The second kappa shape index (κ2) is 10.8. The van der Waals surface area contributed by atoms with Gasteiger partial charge in [-0.05, 0) is 73.5 Å². The predicted octanol–water partition coefficient (Wildman–Crippen LogP) is 11.0. The summed E-state index contributed by atoms with van der Waals surface area (Å²) >= 11 is 0. The molecule has 0 saturated carbocycles. The molecule has 0 saturated heterocycles. The zero-order valence-corrected chi connectivity index (χ0v) is 24.9. The zero-order chi connectivity index (χ0) is 30.5. The third-order valence-corrected chi connectivity index (χ3v) is 8.98. The lowest BCUT2D eigenvalue weighted by Gasteiger charge is -2.13. The van der Waals surface area contributed by atoms with Gasteiger partial charge in [-0.2, -0.15) is 0 Å². The highest BCUT2D eigenvalue weighted by molar-refractivity contribution is 6.18. The Labute approximate surface area is 267 Å². The number of aromatic nitrogens is 3. The SMILES string of the molecule is c1ccc(-c2ccc(-c3cc(-c4ccc(-c5cccnc5)cc4)nc(-c4ccc5c6c(cccc46)-c4ccccc4-5)n3)cc2)cc1. The number of benzene rings is 6. The van der Waals surface area contributed by atoms with Crippen LogP contribution in [0.3, 0.4) is 0 Å². The summed E-state index contributed by atoms with van der Waals surface area (Å²) in [5, 5.41) is 2.44. The van der Waals surface area contributed by atoms with Crippen molar-refractivity contribution in [3.05, 3.63) is 164 Å². The van der Waals surface area contributed by atoms with Crippen molar-refractivity contribution in [1.82, 2.24) is 15.0 Å². The molecule has 1 aliphatic rings. The number of hydrogen-bond acceptors (Lipinski definition) is 3. The Morgan fingerprint density at radius 1 is 0.348 bits per heavy atom. The van der Waals surface area contributed by atoms with Crippen LogP contribution in [0.1, 0.15) is 0 Å². The number of pyridine rings is 1. The molecule has 8 aromatic rings. The van der Waals surface area contributed by atoms with Gasteiger partial charge in [0.05, 0.1) is 11.4 Å². The molecule has 0 aliphatic heterocycles. The van der Waals surface area contributed by atoms with Crippen LogP contribution in [0.25, 0.3) is 89.2 Å². The smallest absolute Gasteiger partial charge is 0.161 e. The van der Waals surface area contributed by atoms with Crippen LogP contribution in [0.4, 0.5) is 0 Å². The third-order valence-electron chi connectivity index (χ3n) is 8.98. The highest BCUT2D eigenvalue weighted by atomic mass is 14.9. The molecule has 3 heteroatoms. The molecule has 3 nitrogen and oxygen atoms in total. The van der Waals surface area contributed by atoms with Crippen molar-refractivity contribution in [1.29, 1.82) is 0 Å². The highest BCUT2D eigenvalue weighted by Crippen LogP contribution is 2.49. The van der Waals surface area contributed by atoms with E-state index in [1.165, 1.54) is 44.2 Å². The van der Waals surface area contributed by atoms with Gasteiger partial charge in [0.1, 0.15) is 0 Å². The number of rotatable bonds is 5. The molecule has 214 valence electrons. The Balaban J connectivity index is 1.20. The molecule has 0 amide bonds. The van der Waals surface area contributed by atoms with E-state index in [9.17, 15) is 0 Å². The van der Waals surface area contributed by atoms with Crippen LogP contribution in [0.5, 0.6) is 0 Å². The van der Waals surface area contributed by atoms with Crippen molar-refractivity contribution < 1.29 is 0 Å². The van der Waals surface area contributed by atoms with Crippen molar-refractivity contribution in [2.24, 2.45) is 0 Å². The molecule has 6 aromatic carbocycles. The molecule has 2 heterocycles. The van der Waals surface area contributed by atoms with Gasteiger partial charge in [0.15, 0.2) is 5.82 Å². The summed E-state index contributed by atoms with van der Waals surface area (Å²) in [6, 6.07) is 53.5. The third kappa shape index (κ3) is 4.41. The molecule has 0 unspecified atom stereocenters. The molecule has 0 atom stereocenters. The van der Waals surface area contributed by atoms with Crippen LogP contribution < -0.4 is 0 Å². The van der Waals surface area contributed by atoms with Crippen molar-refractivity contribution >= 4 is 10.8 Å². The highest BCUT2D eigenvalue weighted by Gasteiger charge is 2.23. The lowest BCUT2D eigenvalue weighted by atomic mass is 9.97. The lowest BCUT2D eigenvalue weighted by molar-refractivity contribution is 1.19. The van der Waals surface area contributed by atoms with E-state index < -0.39 is 0 Å². The summed E-state index contributed by atoms with van der Waals surface area (Å²) in [6.45, 7) is 0. The van der Waals surface area contributed by atoms with Crippen molar-refractivity contribution in [3.63, 3.8) is 0 Å². The summed E-state index contributed by atoms with van der Waals surface area (Å²) in [4.78, 5) is 14.7. The topological polar surface area (TPSA) is 38.7 Å². The molecule has 9 rings (SSSR count). The van der Waals surface area contributed by atoms with Crippen LogP contribution in [0, 0.1) is 0 Å². The van der Waals surface area contributed by atoms with E-state index in [2.05, 4.69) is 145 Å². The fourth-order valence-corrected chi connectivity index (χ4v) is 6.70. The van der Waals surface area contributed by atoms with E-state index in [0.717, 1.165) is 45.0 Å². The molecule has 1 aliphatic carbocycles. The molecule has 0 radical (unpaired) electrons. The summed E-state index contributed by atoms with van der Waals surface area (Å²) in [7, 11) is 0. The first-order valence-corrected chi connectivity index (χ1v) is 15.5. The van der Waals surface area contributed by atoms with Gasteiger partial charge >= 0.3 is 0 Å². The minimum Gasteiger partial charge on any atom is -0.264 e. The van der Waals surface area contributed by atoms with Crippen LogP contribution in [-0.2, 0) is 0 Å². The van der Waals surface area contributed by atoms with Crippen LogP contribution in [-0.4, -0.2) is 15.0 Å². The summed E-state index contributed by atoms with van der Waals surface area (Å²) in [5.74, 6) is 0.718. The standard InChI is InChI=1S/C43H27N3/c1-2-8-28(9-3-1)29-15-19-31(20-16-29)40-26-41(32-21-17-30(18-22-32)33-10-7-25-44-27-33)46-43(45-40)39-24-23-38-35-12-5-4-11-34(35)36-13-6-14-37(39)42(36)38/h1-27H. The van der Waals surface area contributed by atoms with Gasteiger partial charge in [-0.15, -0.1) is 0 Å². The van der Waals surface area contributed by atoms with E-state index in [0.29, 0.717) is 0 Å². The molecular weight excluding hydrogens is 558 g/mol. The first kappa shape index (κ1) is 26.2. The van der Waals surface area contributed by atoms with E-state index in [4.69, 9.17) is 9.97 Å². The molecule has 46 heavy (non-hydrogen) atoms. The quantitative estimate of drug-likeness (QED) is 0.202. The number of fused-ring (bicyclic) bond motifs is 3. The summed E-state index contributed by atoms with van der Waals surface area (Å²) in [5.41, 5.74) is 14.6. The average Bonchev–Trinajstić information content (AvgIpc) is 3.47. The van der Waals surface area contributed by atoms with Crippen LogP contribution in [0.15, 0.2) is 164 Å². The fraction of sp³-hybridized carbons (Fsp3) is 0. The van der Waals surface area contributed by atoms with Crippen molar-refractivity contribution in [2.45, 2.75) is 0 Å². The average molecular weight is 586 g/mol. The van der Waals surface area contributed by atoms with E-state index in [1.54, 1.807) is 6.20 Å². The Bertz CT molecular complexity index is 2250. The minimum absolute atomic E-state index is 0.718. The molecule has 0 bridgehead atoms. The van der Waals surface area contributed by atoms with Gasteiger partial charge < -0.3 is 0 Å². The maximum absolute atomic E-state index is 5.23.